The van der Waals surface area contributed by atoms with Crippen molar-refractivity contribution in [3.05, 3.63) is 48.0 Å². The molecule has 26 heavy (non-hydrogen) atoms. The summed E-state index contributed by atoms with van der Waals surface area (Å²) in [5, 5.41) is 2.67. The van der Waals surface area contributed by atoms with Crippen molar-refractivity contribution in [1.29, 1.82) is 0 Å². The lowest BCUT2D eigenvalue weighted by Gasteiger charge is -2.26. The Hall–Kier alpha value is -2.30. The number of nitrogens with one attached hydrogen (secondary N) is 1. The first kappa shape index (κ1) is 21.7. The fourth-order valence-corrected chi connectivity index (χ4v) is 2.71. The normalized spacial score (nSPS) is 13.9. The van der Waals surface area contributed by atoms with Crippen LogP contribution < -0.4 is 5.32 Å². The van der Waals surface area contributed by atoms with Gasteiger partial charge in [0.05, 0.1) is 7.11 Å². The van der Waals surface area contributed by atoms with Crippen molar-refractivity contribution in [2.45, 2.75) is 58.6 Å². The molecule has 1 aromatic carbocycles. The molecule has 144 valence electrons. The number of benzene rings is 1. The van der Waals surface area contributed by atoms with E-state index in [1.807, 2.05) is 37.3 Å². The van der Waals surface area contributed by atoms with Gasteiger partial charge in [0, 0.05) is 5.92 Å². The predicted octanol–water partition coefficient (Wildman–Crippen LogP) is 4.27. The average molecular weight is 361 g/mol. The maximum atomic E-state index is 12.2. The number of amides is 1. The van der Waals surface area contributed by atoms with Gasteiger partial charge in [0.25, 0.3) is 0 Å². The molecule has 0 unspecified atom stereocenters. The van der Waals surface area contributed by atoms with Crippen molar-refractivity contribution in [1.82, 2.24) is 5.32 Å². The number of allylic oxidation sites excluding steroid dienone is 1. The van der Waals surface area contributed by atoms with Crippen molar-refractivity contribution in [2.75, 3.05) is 7.11 Å². The molecule has 0 aliphatic carbocycles. The number of esters is 1. The van der Waals surface area contributed by atoms with E-state index in [0.717, 1.165) is 19.3 Å². The van der Waals surface area contributed by atoms with Crippen molar-refractivity contribution in [2.24, 2.45) is 5.92 Å². The second kappa shape index (κ2) is 10.6. The van der Waals surface area contributed by atoms with Gasteiger partial charge in [-0.05, 0) is 52.5 Å². The number of carbonyl (C=O) groups is 2. The summed E-state index contributed by atoms with van der Waals surface area (Å²) in [5.41, 5.74) is 0.621. The molecule has 0 aromatic heterocycles. The molecule has 0 heterocycles. The van der Waals surface area contributed by atoms with Gasteiger partial charge in [0.1, 0.15) is 11.6 Å². The van der Waals surface area contributed by atoms with Crippen LogP contribution in [0.25, 0.3) is 0 Å². The van der Waals surface area contributed by atoms with Gasteiger partial charge in [-0.1, -0.05) is 42.5 Å². The van der Waals surface area contributed by atoms with Gasteiger partial charge in [0.2, 0.25) is 0 Å². The molecule has 0 radical (unpaired) electrons. The molecule has 1 rings (SSSR count). The lowest BCUT2D eigenvalue weighted by Crippen LogP contribution is -2.47. The fraction of sp³-hybridized carbons (Fsp3) is 0.524. The molecular weight excluding hydrogens is 330 g/mol. The van der Waals surface area contributed by atoms with E-state index in [0.29, 0.717) is 0 Å². The largest absolute Gasteiger partial charge is 0.467 e. The molecule has 5 heteroatoms. The Morgan fingerprint density at radius 1 is 1.19 bits per heavy atom. The fourth-order valence-electron chi connectivity index (χ4n) is 2.71. The maximum Gasteiger partial charge on any atom is 0.408 e. The van der Waals surface area contributed by atoms with Crippen LogP contribution in [0, 0.1) is 5.92 Å². The summed E-state index contributed by atoms with van der Waals surface area (Å²) in [5.74, 6) is -0.637. The quantitative estimate of drug-likeness (QED) is 0.555. The number of methoxy groups -OCH3 is 1. The molecule has 2 atom stereocenters. The molecule has 0 saturated heterocycles. The van der Waals surface area contributed by atoms with E-state index in [4.69, 9.17) is 9.47 Å². The molecule has 0 spiro atoms. The average Bonchev–Trinajstić information content (AvgIpc) is 2.58. The van der Waals surface area contributed by atoms with Crippen molar-refractivity contribution >= 4 is 12.1 Å². The Bertz CT molecular complexity index is 590. The predicted molar refractivity (Wildman–Crippen MR) is 103 cm³/mol. The highest BCUT2D eigenvalue weighted by molar-refractivity contribution is 5.82. The molecule has 0 saturated carbocycles. The zero-order chi connectivity index (χ0) is 19.6. The summed E-state index contributed by atoms with van der Waals surface area (Å²) in [6, 6.07) is 9.41. The number of hydrogen-bond donors (Lipinski definition) is 1. The van der Waals surface area contributed by atoms with E-state index < -0.39 is 23.7 Å². The third-order valence-electron chi connectivity index (χ3n) is 3.84. The van der Waals surface area contributed by atoms with E-state index in [1.165, 1.54) is 12.7 Å². The molecule has 0 fully saturated rings. The zero-order valence-electron chi connectivity index (χ0n) is 16.5. The Labute approximate surface area is 156 Å². The highest BCUT2D eigenvalue weighted by Crippen LogP contribution is 2.18. The summed E-state index contributed by atoms with van der Waals surface area (Å²) in [7, 11) is 1.32. The minimum absolute atomic E-state index is 0.163. The topological polar surface area (TPSA) is 64.6 Å². The van der Waals surface area contributed by atoms with Crippen LogP contribution in [0.2, 0.25) is 0 Å². The third kappa shape index (κ3) is 8.19. The van der Waals surface area contributed by atoms with Crippen LogP contribution in [0.3, 0.4) is 0 Å². The number of hydrogen-bond acceptors (Lipinski definition) is 4. The van der Waals surface area contributed by atoms with Crippen LogP contribution in [-0.4, -0.2) is 30.8 Å². The first-order valence-electron chi connectivity index (χ1n) is 9.01. The van der Waals surface area contributed by atoms with Gasteiger partial charge in [-0.15, -0.1) is 0 Å². The van der Waals surface area contributed by atoms with Crippen molar-refractivity contribution in [3.8, 4) is 0 Å². The number of alkyl carbamates (subject to hydrolysis) is 1. The van der Waals surface area contributed by atoms with Gasteiger partial charge in [0.15, 0.2) is 0 Å². The highest BCUT2D eigenvalue weighted by Gasteiger charge is 2.30. The van der Waals surface area contributed by atoms with Gasteiger partial charge < -0.3 is 14.8 Å². The second-order valence-electron chi connectivity index (χ2n) is 7.21. The molecule has 5 nitrogen and oxygen atoms in total. The number of aryl methyl sites for hydroxylation is 1. The van der Waals surface area contributed by atoms with E-state index in [2.05, 4.69) is 17.4 Å². The van der Waals surface area contributed by atoms with Crippen LogP contribution in [-0.2, 0) is 20.7 Å². The number of rotatable bonds is 8. The van der Waals surface area contributed by atoms with Crippen LogP contribution in [0.5, 0.6) is 0 Å². The molecule has 0 bridgehead atoms. The maximum absolute atomic E-state index is 12.2. The molecule has 1 aromatic rings. The van der Waals surface area contributed by atoms with E-state index in [1.54, 1.807) is 20.8 Å². The SMILES string of the molecule is C/C=C/[C@H](CCCc1ccccc1)[C@@H](NC(=O)OC(C)(C)C)C(=O)OC. The highest BCUT2D eigenvalue weighted by atomic mass is 16.6. The van der Waals surface area contributed by atoms with Gasteiger partial charge in [-0.25, -0.2) is 9.59 Å². The molecule has 1 N–H and O–H groups in total. The van der Waals surface area contributed by atoms with Crippen molar-refractivity contribution < 1.29 is 19.1 Å². The molecule has 0 aliphatic heterocycles. The standard InChI is InChI=1S/C21H31NO4/c1-6-11-17(15-10-14-16-12-8-7-9-13-16)18(19(23)25-5)22-20(24)26-21(2,3)4/h6-9,11-13,17-18H,10,14-15H2,1-5H3,(H,22,24)/b11-6+/t17-,18-/m1/s1. The lowest BCUT2D eigenvalue weighted by atomic mass is 9.92. The first-order valence-corrected chi connectivity index (χ1v) is 9.01. The third-order valence-corrected chi connectivity index (χ3v) is 3.84. The zero-order valence-corrected chi connectivity index (χ0v) is 16.5. The second-order valence-corrected chi connectivity index (χ2v) is 7.21. The van der Waals surface area contributed by atoms with E-state index in [9.17, 15) is 9.59 Å². The van der Waals surface area contributed by atoms with Crippen molar-refractivity contribution in [3.63, 3.8) is 0 Å². The molecule has 1 amide bonds. The Balaban J connectivity index is 2.77. The Morgan fingerprint density at radius 3 is 2.38 bits per heavy atom. The summed E-state index contributed by atoms with van der Waals surface area (Å²) in [4.78, 5) is 24.4. The molecular formula is C21H31NO4. The van der Waals surface area contributed by atoms with E-state index >= 15 is 0 Å². The van der Waals surface area contributed by atoms with Crippen LogP contribution in [0.4, 0.5) is 4.79 Å². The van der Waals surface area contributed by atoms with Crippen LogP contribution in [0.1, 0.15) is 46.1 Å². The summed E-state index contributed by atoms with van der Waals surface area (Å²) >= 11 is 0. The summed E-state index contributed by atoms with van der Waals surface area (Å²) < 4.78 is 10.2. The smallest absolute Gasteiger partial charge is 0.408 e. The Morgan fingerprint density at radius 2 is 1.85 bits per heavy atom. The minimum atomic E-state index is -0.776. The first-order chi connectivity index (χ1) is 12.3. The van der Waals surface area contributed by atoms with Crippen LogP contribution in [0.15, 0.2) is 42.5 Å². The Kier molecular flexibility index (Phi) is 8.90. The summed E-state index contributed by atoms with van der Waals surface area (Å²) in [6.07, 6.45) is 5.75. The van der Waals surface area contributed by atoms with E-state index in [-0.39, 0.29) is 5.92 Å². The van der Waals surface area contributed by atoms with Crippen LogP contribution >= 0.6 is 0 Å². The monoisotopic (exact) mass is 361 g/mol. The summed E-state index contributed by atoms with van der Waals surface area (Å²) in [6.45, 7) is 7.24. The minimum Gasteiger partial charge on any atom is -0.467 e. The van der Waals surface area contributed by atoms with Gasteiger partial charge in [-0.3, -0.25) is 0 Å². The number of carbonyl (C=O) groups excluding carboxylic acids is 2. The number of ether oxygens (including phenoxy) is 2. The van der Waals surface area contributed by atoms with Gasteiger partial charge in [-0.2, -0.15) is 0 Å². The van der Waals surface area contributed by atoms with Gasteiger partial charge >= 0.3 is 12.1 Å². The lowest BCUT2D eigenvalue weighted by molar-refractivity contribution is -0.144. The molecule has 0 aliphatic rings.